The van der Waals surface area contributed by atoms with Crippen LogP contribution in [0.1, 0.15) is 126 Å². The first-order chi connectivity index (χ1) is 25.3. The van der Waals surface area contributed by atoms with Gasteiger partial charge in [0.1, 0.15) is 17.3 Å². The van der Waals surface area contributed by atoms with E-state index in [9.17, 15) is 9.90 Å². The molecule has 2 aromatic carbocycles. The van der Waals surface area contributed by atoms with Gasteiger partial charge in [-0.15, -0.1) is 40.5 Å². The van der Waals surface area contributed by atoms with E-state index >= 15 is 0 Å². The molecule has 0 aliphatic rings. The van der Waals surface area contributed by atoms with Crippen molar-refractivity contribution >= 4 is 49.1 Å². The number of nitrogens with zero attached hydrogens (tertiary/aromatic N) is 1. The molecule has 4 aromatic heterocycles. The van der Waals surface area contributed by atoms with Crippen molar-refractivity contribution in [2.24, 2.45) is 16.2 Å². The maximum absolute atomic E-state index is 12.2. The Balaban J connectivity index is 0.000000320. The summed E-state index contributed by atoms with van der Waals surface area (Å²) >= 11 is 1.73. The standard InChI is InChI=1S/C33H32NO2S.C15H28O2.Ir/c1-19-23-12-13-34-29(21-14-20-10-8-9-11-24(20)25(15-21)33(5,6)7)31(23)37-30(19)28-17-27-26(36-28)16-22(35-27)18-32(2,3)4;1-7-14(5,8-2)12(16)11-13(17)15(6,9-3)10-4;/h8-13,15-17H,18H2,1-7H3;11,16H,7-10H2,1-6H3;/q-1;;/b;12-11-;. The first kappa shape index (κ1) is 44.2. The molecule has 0 fully saturated rings. The van der Waals surface area contributed by atoms with Gasteiger partial charge in [-0.25, -0.2) is 0 Å². The number of carbonyl (C=O) groups is 1. The number of pyridine rings is 1. The normalized spacial score (nSPS) is 12.9. The van der Waals surface area contributed by atoms with Crippen LogP contribution in [0.3, 0.4) is 0 Å². The minimum Gasteiger partial charge on any atom is -0.512 e. The number of rotatable bonds is 10. The summed E-state index contributed by atoms with van der Waals surface area (Å²) in [6.45, 7) is 27.7. The molecule has 0 saturated heterocycles. The molecule has 0 unspecified atom stereocenters. The summed E-state index contributed by atoms with van der Waals surface area (Å²) in [4.78, 5) is 18.2. The number of benzene rings is 2. The number of fused-ring (bicyclic) bond motifs is 3. The molecule has 0 spiro atoms. The van der Waals surface area contributed by atoms with Gasteiger partial charge in [0.15, 0.2) is 16.9 Å². The van der Waals surface area contributed by atoms with Gasteiger partial charge in [0.05, 0.1) is 4.88 Å². The Hall–Kier alpha value is -3.51. The second-order valence-electron chi connectivity index (χ2n) is 17.7. The molecule has 0 bridgehead atoms. The van der Waals surface area contributed by atoms with Gasteiger partial charge in [-0.3, -0.25) is 9.78 Å². The zero-order valence-electron chi connectivity index (χ0n) is 35.2. The summed E-state index contributed by atoms with van der Waals surface area (Å²) in [5.74, 6) is 2.10. The molecular weight excluding hydrogens is 879 g/mol. The fourth-order valence-electron chi connectivity index (χ4n) is 6.84. The zero-order chi connectivity index (χ0) is 39.8. The number of hydrogen-bond acceptors (Lipinski definition) is 6. The Morgan fingerprint density at radius 2 is 1.45 bits per heavy atom. The van der Waals surface area contributed by atoms with E-state index in [2.05, 4.69) is 90.9 Å². The van der Waals surface area contributed by atoms with Crippen LogP contribution in [0.2, 0.25) is 0 Å². The number of aryl methyl sites for hydroxylation is 1. The van der Waals surface area contributed by atoms with Crippen LogP contribution >= 0.6 is 11.3 Å². The van der Waals surface area contributed by atoms with E-state index in [4.69, 9.17) is 13.8 Å². The van der Waals surface area contributed by atoms with Crippen molar-refractivity contribution in [1.82, 2.24) is 4.98 Å². The topological polar surface area (TPSA) is 76.5 Å². The number of aliphatic hydroxyl groups is 1. The van der Waals surface area contributed by atoms with Gasteiger partial charge in [0.25, 0.3) is 0 Å². The molecule has 297 valence electrons. The predicted molar refractivity (Wildman–Crippen MR) is 229 cm³/mol. The predicted octanol–water partition coefficient (Wildman–Crippen LogP) is 14.8. The average molecular weight is 939 g/mol. The summed E-state index contributed by atoms with van der Waals surface area (Å²) in [5, 5.41) is 13.7. The van der Waals surface area contributed by atoms with Crippen LogP contribution in [-0.2, 0) is 36.7 Å². The van der Waals surface area contributed by atoms with E-state index in [1.165, 1.54) is 28.0 Å². The van der Waals surface area contributed by atoms with Crippen LogP contribution in [0.25, 0.3) is 53.9 Å². The fourth-order valence-corrected chi connectivity index (χ4v) is 8.10. The van der Waals surface area contributed by atoms with E-state index in [0.29, 0.717) is 0 Å². The van der Waals surface area contributed by atoms with Crippen LogP contribution in [0, 0.1) is 29.2 Å². The van der Waals surface area contributed by atoms with Crippen LogP contribution < -0.4 is 0 Å². The second-order valence-corrected chi connectivity index (χ2v) is 18.7. The van der Waals surface area contributed by atoms with Gasteiger partial charge in [-0.2, -0.15) is 0 Å². The van der Waals surface area contributed by atoms with Crippen molar-refractivity contribution in [3.05, 3.63) is 89.5 Å². The molecule has 6 aromatic rings. The van der Waals surface area contributed by atoms with Crippen LogP contribution in [-0.4, -0.2) is 15.9 Å². The molecule has 7 heteroatoms. The van der Waals surface area contributed by atoms with Gasteiger partial charge in [-0.1, -0.05) is 112 Å². The fraction of sp³-hybridized carbons (Fsp3) is 0.458. The molecule has 0 aliphatic carbocycles. The van der Waals surface area contributed by atoms with Crippen molar-refractivity contribution in [2.45, 2.75) is 128 Å². The third kappa shape index (κ3) is 9.38. The van der Waals surface area contributed by atoms with Crippen LogP contribution in [0.4, 0.5) is 0 Å². The monoisotopic (exact) mass is 939 g/mol. The van der Waals surface area contributed by atoms with Gasteiger partial charge in [0, 0.05) is 72.2 Å². The Bertz CT molecular complexity index is 2270. The van der Waals surface area contributed by atoms with E-state index in [1.54, 1.807) is 11.3 Å². The average Bonchev–Trinajstić information content (AvgIpc) is 3.80. The Labute approximate surface area is 346 Å². The molecule has 0 aliphatic heterocycles. The maximum atomic E-state index is 12.2. The number of furan rings is 2. The SMILES string of the molecule is CCC(C)(CC)C(=O)/C=C(\O)C(C)(CC)CC.Cc1c(-c2cc3oc(CC(C)(C)C)cc3o2)sc2c(-c3[c-]c4ccccc4c(C(C)(C)C)c3)nccc12.[Ir]. The second kappa shape index (κ2) is 16.9. The van der Waals surface area contributed by atoms with Gasteiger partial charge >= 0.3 is 0 Å². The third-order valence-corrected chi connectivity index (χ3v) is 12.8. The van der Waals surface area contributed by atoms with Gasteiger partial charge in [-0.05, 0) is 60.5 Å². The Morgan fingerprint density at radius 1 is 0.836 bits per heavy atom. The molecule has 5 nitrogen and oxygen atoms in total. The van der Waals surface area contributed by atoms with E-state index < -0.39 is 0 Å². The number of ketones is 1. The zero-order valence-corrected chi connectivity index (χ0v) is 38.4. The number of aliphatic hydroxyl groups excluding tert-OH is 1. The van der Waals surface area contributed by atoms with Crippen molar-refractivity contribution in [3.8, 4) is 21.9 Å². The van der Waals surface area contributed by atoms with E-state index in [-0.39, 0.29) is 53.3 Å². The number of hydrogen-bond donors (Lipinski definition) is 1. The molecule has 55 heavy (non-hydrogen) atoms. The molecule has 4 heterocycles. The van der Waals surface area contributed by atoms with Gasteiger partial charge < -0.3 is 13.9 Å². The van der Waals surface area contributed by atoms with Crippen molar-refractivity contribution in [2.75, 3.05) is 0 Å². The number of aromatic nitrogens is 1. The molecule has 0 atom stereocenters. The quantitative estimate of drug-likeness (QED) is 0.0841. The molecule has 0 saturated carbocycles. The Kier molecular flexibility index (Phi) is 13.6. The summed E-state index contributed by atoms with van der Waals surface area (Å²) in [6.07, 6.45) is 7.54. The number of thiophene rings is 1. The molecule has 6 rings (SSSR count). The molecule has 0 amide bonds. The van der Waals surface area contributed by atoms with E-state index in [0.717, 1.165) is 81.0 Å². The summed E-state index contributed by atoms with van der Waals surface area (Å²) in [7, 11) is 0. The van der Waals surface area contributed by atoms with Gasteiger partial charge in [0.2, 0.25) is 0 Å². The van der Waals surface area contributed by atoms with E-state index in [1.807, 2.05) is 59.9 Å². The van der Waals surface area contributed by atoms with Crippen LogP contribution in [0.5, 0.6) is 0 Å². The first-order valence-electron chi connectivity index (χ1n) is 19.6. The summed E-state index contributed by atoms with van der Waals surface area (Å²) in [6, 6.07) is 20.6. The minimum atomic E-state index is -0.337. The molecule has 1 N–H and O–H groups in total. The number of carbonyl (C=O) groups excluding carboxylic acids is 1. The smallest absolute Gasteiger partial charge is 0.173 e. The molecular formula is C48H60IrNO4S-. The van der Waals surface area contributed by atoms with Crippen molar-refractivity contribution in [1.29, 1.82) is 0 Å². The van der Waals surface area contributed by atoms with Crippen molar-refractivity contribution < 1.29 is 38.8 Å². The summed E-state index contributed by atoms with van der Waals surface area (Å²) < 4.78 is 13.6. The minimum absolute atomic E-state index is 0. The van der Waals surface area contributed by atoms with Crippen LogP contribution in [0.15, 0.2) is 75.4 Å². The largest absolute Gasteiger partial charge is 0.512 e. The first-order valence-corrected chi connectivity index (χ1v) is 20.4. The third-order valence-electron chi connectivity index (χ3n) is 11.5. The maximum Gasteiger partial charge on any atom is 0.173 e. The van der Waals surface area contributed by atoms with Crippen molar-refractivity contribution in [3.63, 3.8) is 0 Å². The Morgan fingerprint density at radius 3 is 2.04 bits per heavy atom. The molecule has 1 radical (unpaired) electrons. The summed E-state index contributed by atoms with van der Waals surface area (Å²) in [5.41, 5.74) is 5.68. The number of allylic oxidation sites excluding steroid dienone is 2.